The zero-order valence-electron chi connectivity index (χ0n) is 10.8. The summed E-state index contributed by atoms with van der Waals surface area (Å²) in [6.45, 7) is 10.2. The minimum Gasteiger partial charge on any atom is -0.309 e. The van der Waals surface area contributed by atoms with Gasteiger partial charge in [-0.15, -0.1) is 17.9 Å². The quantitative estimate of drug-likeness (QED) is 0.832. The fourth-order valence-electron chi connectivity index (χ4n) is 1.72. The lowest BCUT2D eigenvalue weighted by atomic mass is 10.2. The molecule has 0 fully saturated rings. The van der Waals surface area contributed by atoms with Crippen LogP contribution in [0, 0.1) is 13.8 Å². The molecular weight excluding hydrogens is 246 g/mol. The van der Waals surface area contributed by atoms with E-state index in [1.165, 1.54) is 0 Å². The first-order valence-electron chi connectivity index (χ1n) is 5.87. The fourth-order valence-corrected chi connectivity index (χ4v) is 2.77. The van der Waals surface area contributed by atoms with Crippen LogP contribution in [0.4, 0.5) is 0 Å². The topological polar surface area (TPSA) is 57.8 Å². The summed E-state index contributed by atoms with van der Waals surface area (Å²) in [4.78, 5) is 21.3. The summed E-state index contributed by atoms with van der Waals surface area (Å²) >= 11 is 1.57. The Morgan fingerprint density at radius 1 is 1.56 bits per heavy atom. The Morgan fingerprint density at radius 3 is 2.94 bits per heavy atom. The molecule has 0 aliphatic rings. The van der Waals surface area contributed by atoms with Crippen LogP contribution in [0.5, 0.6) is 0 Å². The zero-order chi connectivity index (χ0) is 13.3. The molecule has 2 aromatic rings. The molecule has 0 aliphatic heterocycles. The number of aromatic nitrogens is 2. The lowest BCUT2D eigenvalue weighted by molar-refractivity contribution is 0.613. The number of fused-ring (bicyclic) bond motifs is 1. The highest BCUT2D eigenvalue weighted by molar-refractivity contribution is 7.18. The summed E-state index contributed by atoms with van der Waals surface area (Å²) < 4.78 is 0. The van der Waals surface area contributed by atoms with Crippen LogP contribution in [0.25, 0.3) is 10.2 Å². The van der Waals surface area contributed by atoms with E-state index in [1.54, 1.807) is 11.3 Å². The molecule has 0 bridgehead atoms. The maximum atomic E-state index is 12.0. The second-order valence-corrected chi connectivity index (χ2v) is 5.58. The lowest BCUT2D eigenvalue weighted by Gasteiger charge is -2.07. The third-order valence-electron chi connectivity index (χ3n) is 3.03. The zero-order valence-corrected chi connectivity index (χ0v) is 11.6. The first-order valence-corrected chi connectivity index (χ1v) is 6.69. The summed E-state index contributed by atoms with van der Waals surface area (Å²) in [7, 11) is 0. The van der Waals surface area contributed by atoms with Crippen molar-refractivity contribution in [2.45, 2.75) is 33.4 Å². The predicted molar refractivity (Wildman–Crippen MR) is 76.2 cm³/mol. The molecule has 1 atom stereocenters. The van der Waals surface area contributed by atoms with Crippen LogP contribution in [-0.2, 0) is 6.54 Å². The molecule has 0 aliphatic carbocycles. The van der Waals surface area contributed by atoms with Gasteiger partial charge in [0.15, 0.2) is 0 Å². The van der Waals surface area contributed by atoms with Gasteiger partial charge in [0.25, 0.3) is 5.56 Å². The molecule has 0 amide bonds. The van der Waals surface area contributed by atoms with Crippen molar-refractivity contribution in [1.29, 1.82) is 0 Å². The van der Waals surface area contributed by atoms with Crippen molar-refractivity contribution >= 4 is 21.6 Å². The Kier molecular flexibility index (Phi) is 3.63. The average molecular weight is 263 g/mol. The predicted octanol–water partition coefficient (Wildman–Crippen LogP) is 2.27. The van der Waals surface area contributed by atoms with Crippen LogP contribution in [0.2, 0.25) is 0 Å². The Bertz CT molecular complexity index is 641. The van der Waals surface area contributed by atoms with Crippen molar-refractivity contribution in [3.8, 4) is 0 Å². The summed E-state index contributed by atoms with van der Waals surface area (Å²) in [6.07, 6.45) is 1.82. The normalized spacial score (nSPS) is 12.8. The maximum absolute atomic E-state index is 12.0. The summed E-state index contributed by atoms with van der Waals surface area (Å²) in [5.41, 5.74) is 0.979. The smallest absolute Gasteiger partial charge is 0.259 e. The van der Waals surface area contributed by atoms with E-state index in [2.05, 4.69) is 21.9 Å². The van der Waals surface area contributed by atoms with E-state index in [0.29, 0.717) is 12.4 Å². The molecule has 4 nitrogen and oxygen atoms in total. The molecule has 2 aromatic heterocycles. The molecule has 2 rings (SSSR count). The molecule has 0 aromatic carbocycles. The number of aryl methyl sites for hydroxylation is 2. The van der Waals surface area contributed by atoms with Crippen molar-refractivity contribution < 1.29 is 0 Å². The van der Waals surface area contributed by atoms with Gasteiger partial charge in [0, 0.05) is 10.9 Å². The molecule has 2 N–H and O–H groups in total. The number of hydrogen-bond acceptors (Lipinski definition) is 4. The van der Waals surface area contributed by atoms with Crippen LogP contribution < -0.4 is 10.9 Å². The molecule has 0 saturated heterocycles. The van der Waals surface area contributed by atoms with Gasteiger partial charge in [0.05, 0.1) is 11.9 Å². The largest absolute Gasteiger partial charge is 0.309 e. The first-order chi connectivity index (χ1) is 8.52. The van der Waals surface area contributed by atoms with E-state index in [1.807, 2.05) is 26.8 Å². The minimum atomic E-state index is -0.0510. The third-order valence-corrected chi connectivity index (χ3v) is 4.13. The molecule has 5 heteroatoms. The molecule has 2 heterocycles. The van der Waals surface area contributed by atoms with E-state index < -0.39 is 0 Å². The molecule has 0 spiro atoms. The second kappa shape index (κ2) is 5.04. The number of thiophene rings is 1. The van der Waals surface area contributed by atoms with Crippen LogP contribution >= 0.6 is 11.3 Å². The number of nitrogens with zero attached hydrogens (tertiary/aromatic N) is 1. The minimum absolute atomic E-state index is 0.0510. The molecular formula is C13H17N3OS. The van der Waals surface area contributed by atoms with E-state index in [-0.39, 0.29) is 11.6 Å². The summed E-state index contributed by atoms with van der Waals surface area (Å²) in [5.74, 6) is 0.669. The van der Waals surface area contributed by atoms with Gasteiger partial charge in [-0.05, 0) is 26.3 Å². The van der Waals surface area contributed by atoms with Gasteiger partial charge < -0.3 is 10.3 Å². The van der Waals surface area contributed by atoms with Crippen LogP contribution in [0.15, 0.2) is 17.4 Å². The Hall–Kier alpha value is -1.46. The van der Waals surface area contributed by atoms with E-state index in [4.69, 9.17) is 0 Å². The summed E-state index contributed by atoms with van der Waals surface area (Å²) in [6, 6.07) is 0.192. The van der Waals surface area contributed by atoms with Gasteiger partial charge in [-0.3, -0.25) is 4.79 Å². The molecule has 1 unspecified atom stereocenters. The van der Waals surface area contributed by atoms with E-state index in [0.717, 1.165) is 20.7 Å². The monoisotopic (exact) mass is 263 g/mol. The third kappa shape index (κ3) is 2.37. The highest BCUT2D eigenvalue weighted by atomic mass is 32.1. The van der Waals surface area contributed by atoms with Crippen LogP contribution in [-0.4, -0.2) is 16.0 Å². The number of hydrogen-bond donors (Lipinski definition) is 2. The Morgan fingerprint density at radius 2 is 2.28 bits per heavy atom. The first kappa shape index (κ1) is 13.0. The van der Waals surface area contributed by atoms with Gasteiger partial charge in [0.1, 0.15) is 10.7 Å². The Labute approximate surface area is 110 Å². The van der Waals surface area contributed by atoms with E-state index in [9.17, 15) is 4.79 Å². The number of H-pyrrole nitrogens is 1. The Balaban J connectivity index is 2.37. The number of aromatic amines is 1. The van der Waals surface area contributed by atoms with Crippen molar-refractivity contribution in [1.82, 2.24) is 15.3 Å². The van der Waals surface area contributed by atoms with Crippen molar-refractivity contribution in [2.75, 3.05) is 0 Å². The van der Waals surface area contributed by atoms with Crippen molar-refractivity contribution in [2.24, 2.45) is 0 Å². The van der Waals surface area contributed by atoms with Crippen LogP contribution in [0.3, 0.4) is 0 Å². The average Bonchev–Trinajstić information content (AvgIpc) is 2.62. The van der Waals surface area contributed by atoms with Crippen LogP contribution in [0.1, 0.15) is 23.2 Å². The maximum Gasteiger partial charge on any atom is 0.259 e. The fraction of sp³-hybridized carbons (Fsp3) is 0.385. The highest BCUT2D eigenvalue weighted by Crippen LogP contribution is 2.25. The standard InChI is InChI=1S/C13H17N3OS/c1-5-7(2)14-6-10-15-12(17)11-8(3)9(4)18-13(11)16-10/h5,7,14H,1,6H2,2-4H3,(H,15,16,17). The summed E-state index contributed by atoms with van der Waals surface area (Å²) in [5, 5.41) is 3.94. The lowest BCUT2D eigenvalue weighted by Crippen LogP contribution is -2.25. The highest BCUT2D eigenvalue weighted by Gasteiger charge is 2.11. The SMILES string of the molecule is C=CC(C)NCc1nc2sc(C)c(C)c2c(=O)[nH]1. The molecule has 96 valence electrons. The number of rotatable bonds is 4. The van der Waals surface area contributed by atoms with Gasteiger partial charge in [-0.2, -0.15) is 0 Å². The second-order valence-electron chi connectivity index (χ2n) is 4.38. The van der Waals surface area contributed by atoms with E-state index >= 15 is 0 Å². The number of nitrogens with one attached hydrogen (secondary N) is 2. The molecule has 18 heavy (non-hydrogen) atoms. The van der Waals surface area contributed by atoms with Gasteiger partial charge in [-0.1, -0.05) is 6.08 Å². The van der Waals surface area contributed by atoms with Gasteiger partial charge in [0.2, 0.25) is 0 Å². The van der Waals surface area contributed by atoms with Crippen molar-refractivity contribution in [3.05, 3.63) is 39.3 Å². The van der Waals surface area contributed by atoms with Gasteiger partial charge >= 0.3 is 0 Å². The van der Waals surface area contributed by atoms with Crippen molar-refractivity contribution in [3.63, 3.8) is 0 Å². The van der Waals surface area contributed by atoms with Gasteiger partial charge in [-0.25, -0.2) is 4.98 Å². The molecule has 0 saturated carbocycles. The molecule has 0 radical (unpaired) electrons.